The van der Waals surface area contributed by atoms with Gasteiger partial charge in [0.05, 0.1) is 25.3 Å². The monoisotopic (exact) mass is 777 g/mol. The Morgan fingerprint density at radius 3 is 2.07 bits per heavy atom. The second-order valence-corrected chi connectivity index (χ2v) is 13.3. The summed E-state index contributed by atoms with van der Waals surface area (Å²) in [6.45, 7) is 16.0. The van der Waals surface area contributed by atoms with Crippen molar-refractivity contribution >= 4 is 11.8 Å². The highest BCUT2D eigenvalue weighted by Crippen LogP contribution is 2.37. The summed E-state index contributed by atoms with van der Waals surface area (Å²) in [5, 5.41) is 3.58. The van der Waals surface area contributed by atoms with Gasteiger partial charge in [-0.25, -0.2) is 4.90 Å². The normalized spacial score (nSPS) is 16.2. The topological polar surface area (TPSA) is 98.8 Å². The van der Waals surface area contributed by atoms with Crippen LogP contribution in [0.15, 0.2) is 103 Å². The summed E-state index contributed by atoms with van der Waals surface area (Å²) in [6, 6.07) is 24.3. The van der Waals surface area contributed by atoms with Gasteiger partial charge >= 0.3 is 0 Å². The predicted molar refractivity (Wildman–Crippen MR) is 227 cm³/mol. The lowest BCUT2D eigenvalue weighted by molar-refractivity contribution is 0.0519. The highest BCUT2D eigenvalue weighted by molar-refractivity contribution is 6.21. The van der Waals surface area contributed by atoms with Crippen LogP contribution in [0.2, 0.25) is 0 Å². The Balaban J connectivity index is 0.00000174. The zero-order chi connectivity index (χ0) is 41.5. The van der Waals surface area contributed by atoms with Gasteiger partial charge in [-0.3, -0.25) is 9.59 Å². The molecule has 57 heavy (non-hydrogen) atoms. The molecule has 0 saturated heterocycles. The second-order valence-electron chi connectivity index (χ2n) is 13.3. The number of benzene rings is 4. The number of hydrogen-bond acceptors (Lipinski definition) is 9. The van der Waals surface area contributed by atoms with Gasteiger partial charge in [-0.05, 0) is 124 Å². The molecule has 6 bridgehead atoms. The van der Waals surface area contributed by atoms with Gasteiger partial charge in [0, 0.05) is 11.6 Å². The first-order valence-corrected chi connectivity index (χ1v) is 19.8. The van der Waals surface area contributed by atoms with E-state index in [1.165, 1.54) is 16.7 Å². The maximum Gasteiger partial charge on any atom is 0.264 e. The van der Waals surface area contributed by atoms with Crippen molar-refractivity contribution in [2.45, 2.75) is 66.3 Å². The van der Waals surface area contributed by atoms with E-state index in [9.17, 15) is 9.59 Å². The molecule has 0 saturated carbocycles. The number of carbonyl (C=O) groups excluding carboxylic acids is 2. The first-order valence-electron chi connectivity index (χ1n) is 19.8. The van der Waals surface area contributed by atoms with Crippen LogP contribution in [0.4, 0.5) is 0 Å². The number of ether oxygens (including phenoxy) is 5. The van der Waals surface area contributed by atoms with Gasteiger partial charge in [0.1, 0.15) is 12.0 Å². The van der Waals surface area contributed by atoms with Gasteiger partial charge in [-0.15, -0.1) is 0 Å². The molecule has 0 aromatic heterocycles. The summed E-state index contributed by atoms with van der Waals surface area (Å²) < 4.78 is 30.5. The molecule has 10 nitrogen and oxygen atoms in total. The number of aryl methyl sites for hydroxylation is 1. The van der Waals surface area contributed by atoms with Crippen LogP contribution in [0.1, 0.15) is 77.6 Å². The van der Waals surface area contributed by atoms with E-state index in [1.54, 1.807) is 50.8 Å². The molecule has 2 amide bonds. The number of hydrogen-bond donors (Lipinski definition) is 1. The molecule has 5 aliphatic rings. The third kappa shape index (κ3) is 10.8. The van der Waals surface area contributed by atoms with Gasteiger partial charge < -0.3 is 33.9 Å². The Hall–Kier alpha value is -5.58. The summed E-state index contributed by atoms with van der Waals surface area (Å²) in [6.07, 6.45) is 4.64. The third-order valence-corrected chi connectivity index (χ3v) is 9.63. The Morgan fingerprint density at radius 1 is 0.825 bits per heavy atom. The van der Waals surface area contributed by atoms with Crippen molar-refractivity contribution in [3.63, 3.8) is 0 Å². The van der Waals surface area contributed by atoms with Crippen molar-refractivity contribution in [1.82, 2.24) is 15.1 Å². The molecule has 1 unspecified atom stereocenters. The van der Waals surface area contributed by atoms with E-state index in [1.807, 2.05) is 72.1 Å². The highest BCUT2D eigenvalue weighted by Gasteiger charge is 2.35. The SMILES string of the molecule is C=C1/C(=C/OC)Oc2cc(CC)c(cc2OC)CCNCCc2ccc(cc2)Oc2cc(ccc2OCN2C(=O)c3ccccc3C2=O)CC1N(C)C.CC.CC. The lowest BCUT2D eigenvalue weighted by Crippen LogP contribution is -2.33. The maximum atomic E-state index is 13.1. The van der Waals surface area contributed by atoms with Gasteiger partial charge in [0.25, 0.3) is 11.8 Å². The summed E-state index contributed by atoms with van der Waals surface area (Å²) >= 11 is 0. The van der Waals surface area contributed by atoms with Crippen LogP contribution in [0, 0.1) is 0 Å². The van der Waals surface area contributed by atoms with Crippen molar-refractivity contribution < 1.29 is 33.3 Å². The van der Waals surface area contributed by atoms with Crippen LogP contribution in [0.25, 0.3) is 0 Å². The van der Waals surface area contributed by atoms with E-state index >= 15 is 0 Å². The molecule has 4 aromatic rings. The highest BCUT2D eigenvalue weighted by atomic mass is 16.5. The van der Waals surface area contributed by atoms with Crippen LogP contribution in [0.3, 0.4) is 0 Å². The third-order valence-electron chi connectivity index (χ3n) is 9.63. The molecule has 5 aliphatic heterocycles. The minimum absolute atomic E-state index is 0.214. The molecule has 4 aromatic carbocycles. The number of carbonyl (C=O) groups is 2. The van der Waals surface area contributed by atoms with Gasteiger partial charge in [0.2, 0.25) is 0 Å². The summed E-state index contributed by atoms with van der Waals surface area (Å²) in [5.74, 6) is 2.36. The number of nitrogens with one attached hydrogen (secondary N) is 1. The lowest BCUT2D eigenvalue weighted by atomic mass is 9.97. The summed E-state index contributed by atoms with van der Waals surface area (Å²) in [4.78, 5) is 29.3. The van der Waals surface area contributed by atoms with Crippen LogP contribution in [0.5, 0.6) is 28.7 Å². The lowest BCUT2D eigenvalue weighted by Gasteiger charge is -2.28. The van der Waals surface area contributed by atoms with Crippen molar-refractivity contribution in [3.05, 3.63) is 136 Å². The van der Waals surface area contributed by atoms with Crippen LogP contribution in [-0.2, 0) is 30.4 Å². The van der Waals surface area contributed by atoms with Crippen molar-refractivity contribution in [1.29, 1.82) is 0 Å². The molecule has 1 atom stereocenters. The molecule has 304 valence electrons. The molecular weight excluding hydrogens is 719 g/mol. The van der Waals surface area contributed by atoms with Crippen molar-refractivity contribution in [3.8, 4) is 28.7 Å². The number of amides is 2. The molecule has 9 rings (SSSR count). The number of imide groups is 1. The van der Waals surface area contributed by atoms with Gasteiger partial charge in [-0.1, -0.05) is 71.5 Å². The van der Waals surface area contributed by atoms with E-state index in [0.29, 0.717) is 57.6 Å². The molecule has 0 fully saturated rings. The average Bonchev–Trinajstić information content (AvgIpc) is 3.48. The van der Waals surface area contributed by atoms with E-state index in [2.05, 4.69) is 41.9 Å². The Morgan fingerprint density at radius 2 is 1.46 bits per heavy atom. The number of nitrogens with zero attached hydrogens (tertiary/aromatic N) is 2. The molecule has 1 N–H and O–H groups in total. The molecule has 0 radical (unpaired) electrons. The Bertz CT molecular complexity index is 1970. The van der Waals surface area contributed by atoms with Crippen molar-refractivity contribution in [2.75, 3.05) is 48.1 Å². The Labute approximate surface area is 339 Å². The minimum atomic E-state index is -0.394. The van der Waals surface area contributed by atoms with Crippen LogP contribution in [-0.4, -0.2) is 75.8 Å². The first-order chi connectivity index (χ1) is 27.7. The number of likely N-dealkylation sites (N-methyl/N-ethyl adjacent to an activating group) is 1. The van der Waals surface area contributed by atoms with Gasteiger partial charge in [-0.2, -0.15) is 0 Å². The maximum absolute atomic E-state index is 13.1. The minimum Gasteiger partial charge on any atom is -0.500 e. The molecule has 0 spiro atoms. The average molecular weight is 778 g/mol. The number of methoxy groups -OCH3 is 2. The summed E-state index contributed by atoms with van der Waals surface area (Å²) in [7, 11) is 7.20. The first kappa shape index (κ1) is 44.1. The zero-order valence-electron chi connectivity index (χ0n) is 35.1. The smallest absolute Gasteiger partial charge is 0.264 e. The fourth-order valence-corrected chi connectivity index (χ4v) is 6.64. The number of fused-ring (bicyclic) bond motifs is 1. The molecular formula is C47H59N3O7. The van der Waals surface area contributed by atoms with Crippen LogP contribution >= 0.6 is 0 Å². The zero-order valence-corrected chi connectivity index (χ0v) is 35.1. The van der Waals surface area contributed by atoms with E-state index in [-0.39, 0.29) is 12.8 Å². The fourth-order valence-electron chi connectivity index (χ4n) is 6.64. The largest absolute Gasteiger partial charge is 0.500 e. The summed E-state index contributed by atoms with van der Waals surface area (Å²) in [5.41, 5.74) is 5.94. The predicted octanol–water partition coefficient (Wildman–Crippen LogP) is 9.02. The van der Waals surface area contributed by atoms with E-state index in [4.69, 9.17) is 23.7 Å². The van der Waals surface area contributed by atoms with Crippen LogP contribution < -0.4 is 24.3 Å². The second kappa shape index (κ2) is 21.6. The fraction of sp³-hybridized carbons (Fsp3) is 0.362. The van der Waals surface area contributed by atoms with Gasteiger partial charge in [0.15, 0.2) is 35.5 Å². The van der Waals surface area contributed by atoms with Crippen molar-refractivity contribution in [2.24, 2.45) is 0 Å². The quantitative estimate of drug-likeness (QED) is 0.146. The molecule has 10 heteroatoms. The number of rotatable bonds is 7. The molecule has 5 heterocycles. The molecule has 0 aliphatic carbocycles. The van der Waals surface area contributed by atoms with E-state index < -0.39 is 11.8 Å². The standard InChI is InChI=1S/C43H47N3O7.2C2H6/c1-7-31-24-40-38(50-6)25-32(31)19-21-44-20-18-29-12-15-33(16-13-29)52-39-23-30(22-36(45(3)4)28(2)41(53-40)26-49-5)14-17-37(39)51-27-46-42(47)34-10-8-9-11-35(34)43(46)48;2*1-2/h8-17,23-26,36,44H,2,7,18-22,27H2,1,3-6H3;2*1-2H3/b41-26-;;. The van der Waals surface area contributed by atoms with E-state index in [0.717, 1.165) is 42.8 Å². The Kier molecular flexibility index (Phi) is 16.8.